The van der Waals surface area contributed by atoms with Gasteiger partial charge in [-0.3, -0.25) is 14.3 Å². The number of carbonyl (C=O) groups excluding carboxylic acids is 2. The van der Waals surface area contributed by atoms with Gasteiger partial charge in [0.2, 0.25) is 17.8 Å². The van der Waals surface area contributed by atoms with Crippen LogP contribution in [-0.2, 0) is 16.1 Å². The minimum absolute atomic E-state index is 0.138. The van der Waals surface area contributed by atoms with Crippen molar-refractivity contribution in [3.63, 3.8) is 0 Å². The van der Waals surface area contributed by atoms with Crippen LogP contribution in [0.5, 0.6) is 5.75 Å². The lowest BCUT2D eigenvalue weighted by atomic mass is 9.86. The number of methoxy groups -OCH3 is 1. The van der Waals surface area contributed by atoms with Crippen molar-refractivity contribution in [2.24, 2.45) is 5.41 Å². The Morgan fingerprint density at radius 1 is 0.793 bits per heavy atom. The van der Waals surface area contributed by atoms with E-state index >= 15 is 0 Å². The van der Waals surface area contributed by atoms with E-state index in [1.807, 2.05) is 29.6 Å². The molecule has 2 amide bonds. The number of fused-ring (bicyclic) bond motifs is 1. The van der Waals surface area contributed by atoms with Crippen molar-refractivity contribution >= 4 is 40.3 Å². The lowest BCUT2D eigenvalue weighted by molar-refractivity contribution is -0.141. The van der Waals surface area contributed by atoms with Gasteiger partial charge in [-0.15, -0.1) is 0 Å². The third kappa shape index (κ3) is 15.6. The number of anilines is 3. The third-order valence-corrected chi connectivity index (χ3v) is 11.7. The number of nitrogen functional groups attached to an aromatic ring is 1. The lowest BCUT2D eigenvalue weighted by Crippen LogP contribution is -2.52. The van der Waals surface area contributed by atoms with Gasteiger partial charge in [-0.2, -0.15) is 10.1 Å². The highest BCUT2D eigenvalue weighted by atomic mass is 16.5. The molecule has 4 rings (SSSR count). The molecule has 1 fully saturated rings. The largest absolute Gasteiger partial charge is 0.496 e. The molecule has 0 unspecified atom stereocenters. The molecule has 0 radical (unpaired) electrons. The Labute approximate surface area is 349 Å². The zero-order valence-corrected chi connectivity index (χ0v) is 36.9. The number of rotatable bonds is 29. The molecule has 0 saturated carbocycles. The summed E-state index contributed by atoms with van der Waals surface area (Å²) in [5.41, 5.74) is 8.97. The van der Waals surface area contributed by atoms with Crippen LogP contribution in [0.2, 0.25) is 0 Å². The van der Waals surface area contributed by atoms with Crippen molar-refractivity contribution in [1.29, 1.82) is 0 Å². The predicted molar refractivity (Wildman–Crippen MR) is 240 cm³/mol. The average molecular weight is 804 g/mol. The molecular weight excluding hydrogens is 727 g/mol. The monoisotopic (exact) mass is 804 g/mol. The first-order valence-corrected chi connectivity index (χ1v) is 22.9. The number of nitrogens with one attached hydrogen (secondary N) is 2. The van der Waals surface area contributed by atoms with Gasteiger partial charge in [0, 0.05) is 68.4 Å². The molecule has 1 aliphatic heterocycles. The number of benzene rings is 1. The molecule has 2 aromatic heterocycles. The van der Waals surface area contributed by atoms with Gasteiger partial charge in [-0.1, -0.05) is 130 Å². The first-order chi connectivity index (χ1) is 28.1. The van der Waals surface area contributed by atoms with Crippen LogP contribution in [0, 0.1) is 5.41 Å². The third-order valence-electron chi connectivity index (χ3n) is 11.7. The van der Waals surface area contributed by atoms with Crippen molar-refractivity contribution in [3.8, 4) is 5.75 Å². The highest BCUT2D eigenvalue weighted by Crippen LogP contribution is 2.30. The van der Waals surface area contributed by atoms with E-state index in [2.05, 4.69) is 57.5 Å². The number of piperazine rings is 1. The van der Waals surface area contributed by atoms with Crippen molar-refractivity contribution < 1.29 is 14.3 Å². The predicted octanol–water partition coefficient (Wildman–Crippen LogP) is 9.51. The van der Waals surface area contributed by atoms with Gasteiger partial charge in [0.15, 0.2) is 11.3 Å². The summed E-state index contributed by atoms with van der Waals surface area (Å²) in [5, 5.41) is 11.2. The maximum absolute atomic E-state index is 13.6. The molecule has 0 spiro atoms. The molecule has 12 heteroatoms. The van der Waals surface area contributed by atoms with Crippen LogP contribution in [0.15, 0.2) is 24.4 Å². The van der Waals surface area contributed by atoms with E-state index in [9.17, 15) is 9.59 Å². The minimum atomic E-state index is -0.479. The summed E-state index contributed by atoms with van der Waals surface area (Å²) in [6.07, 6.45) is 26.0. The van der Waals surface area contributed by atoms with E-state index in [-0.39, 0.29) is 17.8 Å². The number of amides is 2. The number of ether oxygens (including phenoxy) is 1. The second-order valence-electron chi connectivity index (χ2n) is 17.1. The highest BCUT2D eigenvalue weighted by Gasteiger charge is 2.33. The molecule has 58 heavy (non-hydrogen) atoms. The quantitative estimate of drug-likeness (QED) is 0.0585. The Morgan fingerprint density at radius 3 is 2.03 bits per heavy atom. The van der Waals surface area contributed by atoms with Gasteiger partial charge in [-0.25, -0.2) is 4.98 Å². The van der Waals surface area contributed by atoms with Crippen molar-refractivity contribution in [2.75, 3.05) is 62.3 Å². The fourth-order valence-electron chi connectivity index (χ4n) is 8.01. The van der Waals surface area contributed by atoms with Crippen molar-refractivity contribution in [1.82, 2.24) is 30.0 Å². The fourth-order valence-corrected chi connectivity index (χ4v) is 8.01. The van der Waals surface area contributed by atoms with Crippen molar-refractivity contribution in [2.45, 2.75) is 163 Å². The second-order valence-corrected chi connectivity index (χ2v) is 17.1. The summed E-state index contributed by atoms with van der Waals surface area (Å²) in [5.74, 6) is 1.98. The summed E-state index contributed by atoms with van der Waals surface area (Å²) in [6.45, 7) is 13.3. The zero-order chi connectivity index (χ0) is 41.6. The number of nitrogens with two attached hydrogens (primary N) is 1. The van der Waals surface area contributed by atoms with Gasteiger partial charge in [0.1, 0.15) is 11.3 Å². The molecule has 3 aromatic rings. The molecule has 0 atom stereocenters. The standard InChI is InChI=1S/C46H77N9O3/c1-6-8-10-11-12-13-14-15-16-17-18-19-20-21-22-24-41(56)48-29-23-27-46(3,4)44(57)54-32-30-53(31-33-54)38-26-25-37(40(34-38)58-5)35-55-36-39-42(52-55)43(49-28-9-7-2)51-45(47)50-39/h25-26,34,36H,6-24,27-33,35H2,1-5H3,(H,48,56)(H3,47,49,50,51). The Hall–Kier alpha value is -4.09. The van der Waals surface area contributed by atoms with E-state index in [4.69, 9.17) is 15.6 Å². The zero-order valence-electron chi connectivity index (χ0n) is 36.9. The summed E-state index contributed by atoms with van der Waals surface area (Å²) >= 11 is 0. The Morgan fingerprint density at radius 2 is 1.41 bits per heavy atom. The maximum Gasteiger partial charge on any atom is 0.228 e. The van der Waals surface area contributed by atoms with E-state index < -0.39 is 5.41 Å². The molecule has 1 aromatic carbocycles. The first-order valence-electron chi connectivity index (χ1n) is 22.9. The fraction of sp³-hybridized carbons (Fsp3) is 0.717. The Kier molecular flexibility index (Phi) is 20.4. The van der Waals surface area contributed by atoms with Crippen LogP contribution in [-0.4, -0.2) is 82.8 Å². The molecule has 324 valence electrons. The van der Waals surface area contributed by atoms with Gasteiger partial charge >= 0.3 is 0 Å². The Balaban J connectivity index is 1.10. The summed E-state index contributed by atoms with van der Waals surface area (Å²) in [7, 11) is 1.69. The summed E-state index contributed by atoms with van der Waals surface area (Å²) < 4.78 is 7.69. The van der Waals surface area contributed by atoms with Crippen LogP contribution in [0.25, 0.3) is 11.0 Å². The van der Waals surface area contributed by atoms with E-state index in [0.29, 0.717) is 49.5 Å². The van der Waals surface area contributed by atoms with E-state index in [1.165, 1.54) is 83.5 Å². The van der Waals surface area contributed by atoms with Crippen LogP contribution >= 0.6 is 0 Å². The average Bonchev–Trinajstić information content (AvgIpc) is 3.63. The lowest BCUT2D eigenvalue weighted by Gasteiger charge is -2.39. The number of unbranched alkanes of at least 4 members (excludes halogenated alkanes) is 15. The Bertz CT molecular complexity index is 1650. The topological polar surface area (TPSA) is 144 Å². The van der Waals surface area contributed by atoms with Crippen LogP contribution < -0.4 is 26.0 Å². The molecule has 0 bridgehead atoms. The van der Waals surface area contributed by atoms with Gasteiger partial charge in [0.05, 0.1) is 19.9 Å². The summed E-state index contributed by atoms with van der Waals surface area (Å²) in [4.78, 5) is 39.2. The summed E-state index contributed by atoms with van der Waals surface area (Å²) in [6, 6.07) is 6.27. The number of hydrogen-bond acceptors (Lipinski definition) is 9. The van der Waals surface area contributed by atoms with E-state index in [1.54, 1.807) is 7.11 Å². The van der Waals surface area contributed by atoms with Crippen LogP contribution in [0.3, 0.4) is 0 Å². The van der Waals surface area contributed by atoms with Crippen LogP contribution in [0.4, 0.5) is 17.5 Å². The number of carbonyl (C=O) groups is 2. The normalized spacial score (nSPS) is 13.3. The molecular formula is C46H77N9O3. The highest BCUT2D eigenvalue weighted by molar-refractivity contribution is 5.86. The molecule has 12 nitrogen and oxygen atoms in total. The van der Waals surface area contributed by atoms with Crippen LogP contribution in [0.1, 0.15) is 162 Å². The van der Waals surface area contributed by atoms with Crippen molar-refractivity contribution in [3.05, 3.63) is 30.0 Å². The second kappa shape index (κ2) is 25.4. The molecule has 1 aliphatic rings. The number of hydrogen-bond donors (Lipinski definition) is 3. The van der Waals surface area contributed by atoms with Gasteiger partial charge < -0.3 is 30.9 Å². The number of nitrogens with zero attached hydrogens (tertiary/aromatic N) is 6. The first kappa shape index (κ1) is 46.6. The smallest absolute Gasteiger partial charge is 0.228 e. The molecule has 1 saturated heterocycles. The molecule has 0 aliphatic carbocycles. The van der Waals surface area contributed by atoms with E-state index in [0.717, 1.165) is 75.2 Å². The SMILES string of the molecule is CCCCCCCCCCCCCCCCCC(=O)NCCCC(C)(C)C(=O)N1CCN(c2ccc(Cn3cc4nc(N)nc(NCCCC)c4n3)c(OC)c2)CC1. The minimum Gasteiger partial charge on any atom is -0.496 e. The molecule has 4 N–H and O–H groups in total. The number of aromatic nitrogens is 4. The maximum atomic E-state index is 13.6. The van der Waals surface area contributed by atoms with Gasteiger partial charge in [-0.05, 0) is 31.7 Å². The molecule has 3 heterocycles. The van der Waals surface area contributed by atoms with Gasteiger partial charge in [0.25, 0.3) is 0 Å².